The average Bonchev–Trinajstić information content (AvgIpc) is 2.38. The minimum atomic E-state index is 0.557. The predicted molar refractivity (Wildman–Crippen MR) is 61.5 cm³/mol. The molecule has 0 aromatic carbocycles. The van der Waals surface area contributed by atoms with Crippen LogP contribution in [0.15, 0.2) is 18.2 Å². The van der Waals surface area contributed by atoms with E-state index in [0.717, 1.165) is 38.3 Å². The normalized spacial score (nSPS) is 17.3. The number of rotatable bonds is 4. The van der Waals surface area contributed by atoms with Gasteiger partial charge in [-0.2, -0.15) is 0 Å². The summed E-state index contributed by atoms with van der Waals surface area (Å²) in [5, 5.41) is 3.49. The Balaban J connectivity index is 1.83. The van der Waals surface area contributed by atoms with Crippen molar-refractivity contribution in [1.29, 1.82) is 0 Å². The third-order valence-corrected chi connectivity index (χ3v) is 2.78. The average molecular weight is 222 g/mol. The number of hydrogen-bond donors (Lipinski definition) is 1. The van der Waals surface area contributed by atoms with Crippen molar-refractivity contribution in [2.24, 2.45) is 0 Å². The SMILES string of the molecule is COc1cccc(CNC2CCOCC2)n1. The van der Waals surface area contributed by atoms with Crippen molar-refractivity contribution in [1.82, 2.24) is 10.3 Å². The Morgan fingerprint density at radius 3 is 3.00 bits per heavy atom. The fraction of sp³-hybridized carbons (Fsp3) is 0.583. The molecule has 1 aromatic rings. The highest BCUT2D eigenvalue weighted by molar-refractivity contribution is 5.15. The van der Waals surface area contributed by atoms with Crippen molar-refractivity contribution < 1.29 is 9.47 Å². The van der Waals surface area contributed by atoms with Crippen LogP contribution in [-0.2, 0) is 11.3 Å². The Hall–Kier alpha value is -1.13. The summed E-state index contributed by atoms with van der Waals surface area (Å²) in [6.45, 7) is 2.52. The molecule has 0 atom stereocenters. The maximum atomic E-state index is 5.31. The van der Waals surface area contributed by atoms with E-state index in [9.17, 15) is 0 Å². The molecule has 2 heterocycles. The van der Waals surface area contributed by atoms with Crippen molar-refractivity contribution in [3.05, 3.63) is 23.9 Å². The first-order valence-electron chi connectivity index (χ1n) is 5.69. The Kier molecular flexibility index (Phi) is 4.13. The van der Waals surface area contributed by atoms with Crippen molar-refractivity contribution in [3.8, 4) is 5.88 Å². The highest BCUT2D eigenvalue weighted by Gasteiger charge is 2.12. The minimum Gasteiger partial charge on any atom is -0.481 e. The lowest BCUT2D eigenvalue weighted by Crippen LogP contribution is -2.34. The van der Waals surface area contributed by atoms with Crippen LogP contribution < -0.4 is 10.1 Å². The molecule has 1 fully saturated rings. The van der Waals surface area contributed by atoms with E-state index in [1.54, 1.807) is 7.11 Å². The van der Waals surface area contributed by atoms with Gasteiger partial charge in [0.1, 0.15) is 0 Å². The maximum absolute atomic E-state index is 5.31. The van der Waals surface area contributed by atoms with Gasteiger partial charge >= 0.3 is 0 Å². The minimum absolute atomic E-state index is 0.557. The fourth-order valence-electron chi connectivity index (χ4n) is 1.82. The lowest BCUT2D eigenvalue weighted by molar-refractivity contribution is 0.0775. The molecule has 0 amide bonds. The Morgan fingerprint density at radius 1 is 1.44 bits per heavy atom. The highest BCUT2D eigenvalue weighted by atomic mass is 16.5. The van der Waals surface area contributed by atoms with E-state index in [0.29, 0.717) is 11.9 Å². The van der Waals surface area contributed by atoms with Crippen LogP contribution in [-0.4, -0.2) is 31.3 Å². The van der Waals surface area contributed by atoms with Crippen molar-refractivity contribution in [2.75, 3.05) is 20.3 Å². The molecule has 1 aliphatic rings. The number of pyridine rings is 1. The molecular formula is C12H18N2O2. The second kappa shape index (κ2) is 5.82. The van der Waals surface area contributed by atoms with Gasteiger partial charge in [0, 0.05) is 31.9 Å². The molecule has 0 spiro atoms. The van der Waals surface area contributed by atoms with Gasteiger partial charge in [-0.3, -0.25) is 0 Å². The number of ether oxygens (including phenoxy) is 2. The molecule has 0 saturated carbocycles. The van der Waals surface area contributed by atoms with Crippen LogP contribution in [0.25, 0.3) is 0 Å². The van der Waals surface area contributed by atoms with Gasteiger partial charge in [-0.25, -0.2) is 4.98 Å². The van der Waals surface area contributed by atoms with Gasteiger partial charge in [-0.05, 0) is 18.9 Å². The summed E-state index contributed by atoms with van der Waals surface area (Å²) in [4.78, 5) is 4.36. The molecule has 0 unspecified atom stereocenters. The van der Waals surface area contributed by atoms with Crippen LogP contribution in [0, 0.1) is 0 Å². The summed E-state index contributed by atoms with van der Waals surface area (Å²) >= 11 is 0. The molecule has 1 N–H and O–H groups in total. The molecule has 0 bridgehead atoms. The first-order valence-corrected chi connectivity index (χ1v) is 5.69. The van der Waals surface area contributed by atoms with Crippen LogP contribution in [0.5, 0.6) is 5.88 Å². The van der Waals surface area contributed by atoms with E-state index >= 15 is 0 Å². The van der Waals surface area contributed by atoms with E-state index in [1.807, 2.05) is 18.2 Å². The van der Waals surface area contributed by atoms with E-state index < -0.39 is 0 Å². The molecule has 88 valence electrons. The lowest BCUT2D eigenvalue weighted by Gasteiger charge is -2.23. The molecule has 1 aliphatic heterocycles. The summed E-state index contributed by atoms with van der Waals surface area (Å²) in [6, 6.07) is 6.39. The molecule has 1 aromatic heterocycles. The molecule has 16 heavy (non-hydrogen) atoms. The molecule has 0 aliphatic carbocycles. The van der Waals surface area contributed by atoms with E-state index in [4.69, 9.17) is 9.47 Å². The zero-order valence-electron chi connectivity index (χ0n) is 9.61. The summed E-state index contributed by atoms with van der Waals surface area (Å²) < 4.78 is 10.4. The molecule has 1 saturated heterocycles. The first-order chi connectivity index (χ1) is 7.88. The van der Waals surface area contributed by atoms with Crippen LogP contribution in [0.2, 0.25) is 0 Å². The second-order valence-electron chi connectivity index (χ2n) is 3.94. The standard InChI is InChI=1S/C12H18N2O2/c1-15-12-4-2-3-11(14-12)9-13-10-5-7-16-8-6-10/h2-4,10,13H,5-9H2,1H3. The van der Waals surface area contributed by atoms with Gasteiger partial charge in [0.2, 0.25) is 5.88 Å². The van der Waals surface area contributed by atoms with Crippen LogP contribution in [0.4, 0.5) is 0 Å². The number of hydrogen-bond acceptors (Lipinski definition) is 4. The molecule has 0 radical (unpaired) electrons. The number of nitrogens with one attached hydrogen (secondary N) is 1. The van der Waals surface area contributed by atoms with E-state index in [1.165, 1.54) is 0 Å². The predicted octanol–water partition coefficient (Wildman–Crippen LogP) is 1.36. The van der Waals surface area contributed by atoms with Gasteiger partial charge in [-0.1, -0.05) is 6.07 Å². The number of aromatic nitrogens is 1. The van der Waals surface area contributed by atoms with Crippen LogP contribution >= 0.6 is 0 Å². The lowest BCUT2D eigenvalue weighted by atomic mass is 10.1. The largest absolute Gasteiger partial charge is 0.481 e. The van der Waals surface area contributed by atoms with Gasteiger partial charge in [0.15, 0.2) is 0 Å². The number of methoxy groups -OCH3 is 1. The van der Waals surface area contributed by atoms with Gasteiger partial charge in [0.25, 0.3) is 0 Å². The summed E-state index contributed by atoms with van der Waals surface area (Å²) in [5.41, 5.74) is 1.02. The van der Waals surface area contributed by atoms with Crippen LogP contribution in [0.1, 0.15) is 18.5 Å². The Bertz CT molecular complexity index is 325. The second-order valence-corrected chi connectivity index (χ2v) is 3.94. The zero-order chi connectivity index (χ0) is 11.2. The third kappa shape index (κ3) is 3.18. The smallest absolute Gasteiger partial charge is 0.213 e. The summed E-state index contributed by atoms with van der Waals surface area (Å²) in [5.74, 6) is 0.672. The van der Waals surface area contributed by atoms with Crippen LogP contribution in [0.3, 0.4) is 0 Å². The fourth-order valence-corrected chi connectivity index (χ4v) is 1.82. The summed E-state index contributed by atoms with van der Waals surface area (Å²) in [7, 11) is 1.64. The van der Waals surface area contributed by atoms with Crippen molar-refractivity contribution >= 4 is 0 Å². The van der Waals surface area contributed by atoms with Gasteiger partial charge < -0.3 is 14.8 Å². The van der Waals surface area contributed by atoms with E-state index in [-0.39, 0.29) is 0 Å². The quantitative estimate of drug-likeness (QED) is 0.835. The zero-order valence-corrected chi connectivity index (χ0v) is 9.61. The van der Waals surface area contributed by atoms with E-state index in [2.05, 4.69) is 10.3 Å². The molecule has 2 rings (SSSR count). The van der Waals surface area contributed by atoms with Crippen molar-refractivity contribution in [3.63, 3.8) is 0 Å². The molecular weight excluding hydrogens is 204 g/mol. The Morgan fingerprint density at radius 2 is 2.25 bits per heavy atom. The summed E-state index contributed by atoms with van der Waals surface area (Å²) in [6.07, 6.45) is 2.17. The third-order valence-electron chi connectivity index (χ3n) is 2.78. The molecule has 4 heteroatoms. The topological polar surface area (TPSA) is 43.4 Å². The van der Waals surface area contributed by atoms with Gasteiger partial charge in [-0.15, -0.1) is 0 Å². The first kappa shape index (κ1) is 11.4. The monoisotopic (exact) mass is 222 g/mol. The maximum Gasteiger partial charge on any atom is 0.213 e. The molecule has 4 nitrogen and oxygen atoms in total. The van der Waals surface area contributed by atoms with Crippen molar-refractivity contribution in [2.45, 2.75) is 25.4 Å². The Labute approximate surface area is 96.0 Å². The number of nitrogens with zero attached hydrogens (tertiary/aromatic N) is 1. The highest BCUT2D eigenvalue weighted by Crippen LogP contribution is 2.09. The van der Waals surface area contributed by atoms with Gasteiger partial charge in [0.05, 0.1) is 12.8 Å².